The molecule has 0 aromatic rings. The number of rotatable bonds is 0. The Bertz CT molecular complexity index is 165. The zero-order valence-corrected chi connectivity index (χ0v) is 5.26. The van der Waals surface area contributed by atoms with Crippen molar-refractivity contribution in [1.82, 2.24) is 4.90 Å². The summed E-state index contributed by atoms with van der Waals surface area (Å²) < 4.78 is 0. The molecular weight excluding hydrogens is 114 g/mol. The Hall–Kier alpha value is -0.790. The molecule has 9 heavy (non-hydrogen) atoms. The number of hydrogen-bond donors (Lipinski definition) is 0. The van der Waals surface area contributed by atoms with E-state index in [2.05, 4.69) is 11.5 Å². The first-order chi connectivity index (χ1) is 4.29. The van der Waals surface area contributed by atoms with Crippen LogP contribution < -0.4 is 0 Å². The molecule has 1 atom stereocenters. The van der Waals surface area contributed by atoms with Crippen LogP contribution in [0.5, 0.6) is 0 Å². The van der Waals surface area contributed by atoms with Crippen molar-refractivity contribution in [2.24, 2.45) is 5.92 Å². The van der Waals surface area contributed by atoms with Crippen LogP contribution in [0.3, 0.4) is 0 Å². The molecule has 2 heteroatoms. The highest BCUT2D eigenvalue weighted by Gasteiger charge is 2.39. The van der Waals surface area contributed by atoms with Gasteiger partial charge in [-0.2, -0.15) is 0 Å². The average molecular weight is 123 g/mol. The van der Waals surface area contributed by atoms with Gasteiger partial charge in [0.15, 0.2) is 5.78 Å². The van der Waals surface area contributed by atoms with Gasteiger partial charge in [0.1, 0.15) is 0 Å². The van der Waals surface area contributed by atoms with Crippen LogP contribution in [-0.2, 0) is 4.79 Å². The third-order valence-electron chi connectivity index (χ3n) is 2.23. The number of piperidine rings is 1. The third kappa shape index (κ3) is 0.479. The quantitative estimate of drug-likeness (QED) is 0.435. The van der Waals surface area contributed by atoms with Crippen LogP contribution in [0.2, 0.25) is 0 Å². The van der Waals surface area contributed by atoms with E-state index in [-0.39, 0.29) is 5.78 Å². The average Bonchev–Trinajstić information content (AvgIpc) is 2.37. The summed E-state index contributed by atoms with van der Waals surface area (Å²) in [6.45, 7) is 5.69. The van der Waals surface area contributed by atoms with Crippen LogP contribution in [0, 0.1) is 5.92 Å². The topological polar surface area (TPSA) is 20.3 Å². The summed E-state index contributed by atoms with van der Waals surface area (Å²) in [5.74, 6) is 0.582. The largest absolute Gasteiger partial charge is 0.368 e. The summed E-state index contributed by atoms with van der Waals surface area (Å²) in [4.78, 5) is 13.1. The van der Waals surface area contributed by atoms with Crippen molar-refractivity contribution in [2.75, 3.05) is 13.1 Å². The van der Waals surface area contributed by atoms with Crippen molar-refractivity contribution in [3.8, 4) is 0 Å². The minimum atomic E-state index is 0.279. The molecule has 1 unspecified atom stereocenters. The standard InChI is InChI=1S/C7H9NO/c1-5-7(9)6-2-3-8(5)4-6/h6H,1-4H2. The second-order valence-corrected chi connectivity index (χ2v) is 2.74. The maximum absolute atomic E-state index is 11.0. The van der Waals surface area contributed by atoms with Crippen molar-refractivity contribution < 1.29 is 4.79 Å². The van der Waals surface area contributed by atoms with Crippen LogP contribution in [0.15, 0.2) is 12.3 Å². The maximum atomic E-state index is 11.0. The maximum Gasteiger partial charge on any atom is 0.183 e. The fourth-order valence-corrected chi connectivity index (χ4v) is 1.61. The molecule has 0 aromatic heterocycles. The highest BCUT2D eigenvalue weighted by Crippen LogP contribution is 2.30. The predicted molar refractivity (Wildman–Crippen MR) is 33.8 cm³/mol. The van der Waals surface area contributed by atoms with Gasteiger partial charge in [-0.3, -0.25) is 4.79 Å². The van der Waals surface area contributed by atoms with Crippen molar-refractivity contribution in [1.29, 1.82) is 0 Å². The van der Waals surface area contributed by atoms with Gasteiger partial charge in [-0.05, 0) is 6.42 Å². The lowest BCUT2D eigenvalue weighted by molar-refractivity contribution is -0.118. The summed E-state index contributed by atoms with van der Waals surface area (Å²) in [5, 5.41) is 0. The third-order valence-corrected chi connectivity index (χ3v) is 2.23. The molecule has 2 nitrogen and oxygen atoms in total. The molecule has 48 valence electrons. The minimum Gasteiger partial charge on any atom is -0.368 e. The summed E-state index contributed by atoms with van der Waals surface area (Å²) in [6.07, 6.45) is 1.05. The molecule has 2 heterocycles. The van der Waals surface area contributed by atoms with Crippen LogP contribution in [0.25, 0.3) is 0 Å². The Balaban J connectivity index is 2.35. The normalized spacial score (nSPS) is 32.4. The van der Waals surface area contributed by atoms with E-state index in [0.717, 1.165) is 25.2 Å². The molecule has 0 amide bonds. The summed E-state index contributed by atoms with van der Waals surface area (Å²) in [5.41, 5.74) is 0.742. The number of Topliss-reactive ketones (excluding diaryl/α,β-unsaturated/α-hetero) is 1. The van der Waals surface area contributed by atoms with Gasteiger partial charge in [-0.1, -0.05) is 6.58 Å². The van der Waals surface area contributed by atoms with E-state index in [0.29, 0.717) is 5.92 Å². The van der Waals surface area contributed by atoms with Gasteiger partial charge in [0.2, 0.25) is 0 Å². The molecule has 2 rings (SSSR count). The van der Waals surface area contributed by atoms with E-state index in [9.17, 15) is 4.79 Å². The van der Waals surface area contributed by atoms with Crippen molar-refractivity contribution in [3.05, 3.63) is 12.3 Å². The van der Waals surface area contributed by atoms with E-state index in [1.807, 2.05) is 0 Å². The Morgan fingerprint density at radius 1 is 1.67 bits per heavy atom. The Morgan fingerprint density at radius 2 is 2.44 bits per heavy atom. The number of hydrogen-bond acceptors (Lipinski definition) is 2. The van der Waals surface area contributed by atoms with Gasteiger partial charge in [0.25, 0.3) is 0 Å². The van der Waals surface area contributed by atoms with Crippen molar-refractivity contribution in [2.45, 2.75) is 6.42 Å². The molecule has 0 aliphatic carbocycles. The number of allylic oxidation sites excluding steroid dienone is 1. The number of fused-ring (bicyclic) bond motifs is 2. The van der Waals surface area contributed by atoms with Gasteiger partial charge in [0.05, 0.1) is 5.70 Å². The van der Waals surface area contributed by atoms with E-state index < -0.39 is 0 Å². The van der Waals surface area contributed by atoms with Crippen LogP contribution >= 0.6 is 0 Å². The number of carbonyl (C=O) groups excluding carboxylic acids is 1. The first-order valence-electron chi connectivity index (χ1n) is 3.27. The smallest absolute Gasteiger partial charge is 0.183 e. The lowest BCUT2D eigenvalue weighted by Crippen LogP contribution is -2.19. The molecule has 2 bridgehead atoms. The lowest BCUT2D eigenvalue weighted by atomic mass is 10.0. The lowest BCUT2D eigenvalue weighted by Gasteiger charge is -2.14. The fraction of sp³-hybridized carbons (Fsp3) is 0.571. The highest BCUT2D eigenvalue weighted by molar-refractivity contribution is 5.99. The number of carbonyl (C=O) groups is 1. The van der Waals surface area contributed by atoms with Gasteiger partial charge in [-0.15, -0.1) is 0 Å². The number of ketones is 1. The minimum absolute atomic E-state index is 0.279. The zero-order chi connectivity index (χ0) is 6.43. The summed E-state index contributed by atoms with van der Waals surface area (Å²) >= 11 is 0. The summed E-state index contributed by atoms with van der Waals surface area (Å²) in [7, 11) is 0. The van der Waals surface area contributed by atoms with Crippen molar-refractivity contribution in [3.63, 3.8) is 0 Å². The highest BCUT2D eigenvalue weighted by atomic mass is 16.1. The molecule has 0 aromatic carbocycles. The van der Waals surface area contributed by atoms with E-state index >= 15 is 0 Å². The molecule has 0 radical (unpaired) electrons. The van der Waals surface area contributed by atoms with Crippen LogP contribution in [-0.4, -0.2) is 23.8 Å². The molecule has 2 aliphatic rings. The SMILES string of the molecule is C=C1C(=O)C2CCN1C2. The molecule has 0 spiro atoms. The Morgan fingerprint density at radius 3 is 2.78 bits per heavy atom. The fourth-order valence-electron chi connectivity index (χ4n) is 1.61. The molecule has 0 N–H and O–H groups in total. The van der Waals surface area contributed by atoms with E-state index in [4.69, 9.17) is 0 Å². The zero-order valence-electron chi connectivity index (χ0n) is 5.26. The number of nitrogens with zero attached hydrogens (tertiary/aromatic N) is 1. The van der Waals surface area contributed by atoms with Crippen molar-refractivity contribution >= 4 is 5.78 Å². The second kappa shape index (κ2) is 1.38. The Labute approximate surface area is 54.1 Å². The molecular formula is C7H9NO. The Kier molecular flexibility index (Phi) is 0.770. The van der Waals surface area contributed by atoms with Gasteiger partial charge < -0.3 is 4.90 Å². The molecule has 0 saturated carbocycles. The van der Waals surface area contributed by atoms with Gasteiger partial charge >= 0.3 is 0 Å². The van der Waals surface area contributed by atoms with Gasteiger partial charge in [-0.25, -0.2) is 0 Å². The first-order valence-corrected chi connectivity index (χ1v) is 3.27. The molecule has 2 aliphatic heterocycles. The molecule has 2 saturated heterocycles. The second-order valence-electron chi connectivity index (χ2n) is 2.74. The van der Waals surface area contributed by atoms with E-state index in [1.165, 1.54) is 0 Å². The predicted octanol–water partition coefficient (Wildman–Crippen LogP) is 0.405. The molecule has 2 fully saturated rings. The van der Waals surface area contributed by atoms with Crippen LogP contribution in [0.4, 0.5) is 0 Å². The van der Waals surface area contributed by atoms with Gasteiger partial charge in [0, 0.05) is 19.0 Å². The van der Waals surface area contributed by atoms with Crippen LogP contribution in [0.1, 0.15) is 6.42 Å². The summed E-state index contributed by atoms with van der Waals surface area (Å²) in [6, 6.07) is 0. The van der Waals surface area contributed by atoms with E-state index in [1.54, 1.807) is 0 Å². The first kappa shape index (κ1) is 5.03. The monoisotopic (exact) mass is 123 g/mol.